The van der Waals surface area contributed by atoms with Crippen molar-refractivity contribution in [1.82, 2.24) is 14.5 Å². The highest BCUT2D eigenvalue weighted by Gasteiger charge is 2.19. The van der Waals surface area contributed by atoms with Crippen LogP contribution in [-0.4, -0.2) is 74.7 Å². The maximum Gasteiger partial charge on any atom is 0.251 e. The summed E-state index contributed by atoms with van der Waals surface area (Å²) in [6.45, 7) is 4.79. The average molecular weight is 491 g/mol. The molecule has 178 valence electrons. The molecule has 1 saturated heterocycles. The third-order valence-electron chi connectivity index (χ3n) is 5.36. The van der Waals surface area contributed by atoms with Crippen LogP contribution in [0.1, 0.15) is 21.5 Å². The number of hydrogen-bond donors (Lipinski definition) is 2. The first-order valence-electron chi connectivity index (χ1n) is 10.7. The average Bonchev–Trinajstić information content (AvgIpc) is 2.80. The summed E-state index contributed by atoms with van der Waals surface area (Å²) in [5, 5.41) is 5.37. The number of nitrogens with zero attached hydrogens (tertiary/aromatic N) is 2. The minimum Gasteiger partial charge on any atom is -0.343 e. The van der Waals surface area contributed by atoms with Gasteiger partial charge < -0.3 is 10.6 Å². The van der Waals surface area contributed by atoms with Crippen LogP contribution >= 0.6 is 11.8 Å². The van der Waals surface area contributed by atoms with Crippen LogP contribution in [0.5, 0.6) is 0 Å². The lowest BCUT2D eigenvalue weighted by molar-refractivity contribution is -0.115. The van der Waals surface area contributed by atoms with Gasteiger partial charge in [-0.05, 0) is 42.3 Å². The lowest BCUT2D eigenvalue weighted by atomic mass is 10.1. The fourth-order valence-electron chi connectivity index (χ4n) is 3.45. The molecule has 8 nitrogen and oxygen atoms in total. The molecule has 0 bridgehead atoms. The number of carbonyl (C=O) groups is 2. The number of thioether (sulfide) groups is 1. The Morgan fingerprint density at radius 2 is 1.82 bits per heavy atom. The fourth-order valence-corrected chi connectivity index (χ4v) is 5.37. The van der Waals surface area contributed by atoms with Gasteiger partial charge in [-0.3, -0.25) is 14.5 Å². The zero-order chi connectivity index (χ0) is 24.0. The molecule has 2 aromatic rings. The summed E-state index contributed by atoms with van der Waals surface area (Å²) in [7, 11) is -0.804. The minimum absolute atomic E-state index is 0.0172. The molecule has 0 atom stereocenters. The molecule has 33 heavy (non-hydrogen) atoms. The van der Waals surface area contributed by atoms with Crippen molar-refractivity contribution < 1.29 is 18.0 Å². The third-order valence-corrected chi connectivity index (χ3v) is 8.11. The number of amides is 2. The molecule has 0 spiro atoms. The second-order valence-electron chi connectivity index (χ2n) is 8.08. The number of aryl methyl sites for hydroxylation is 1. The van der Waals surface area contributed by atoms with Crippen molar-refractivity contribution in [2.75, 3.05) is 50.6 Å². The number of carbonyl (C=O) groups excluding carboxylic acids is 2. The Morgan fingerprint density at radius 3 is 2.48 bits per heavy atom. The van der Waals surface area contributed by atoms with Crippen LogP contribution in [0.3, 0.4) is 0 Å². The van der Waals surface area contributed by atoms with E-state index in [0.29, 0.717) is 5.69 Å². The van der Waals surface area contributed by atoms with Gasteiger partial charge >= 0.3 is 0 Å². The zero-order valence-corrected chi connectivity index (χ0v) is 20.8. The summed E-state index contributed by atoms with van der Waals surface area (Å²) in [6.07, 6.45) is 0. The van der Waals surface area contributed by atoms with Gasteiger partial charge in [0.15, 0.2) is 0 Å². The van der Waals surface area contributed by atoms with Gasteiger partial charge in [0, 0.05) is 56.5 Å². The van der Waals surface area contributed by atoms with Gasteiger partial charge in [-0.2, -0.15) is 11.8 Å². The molecule has 0 saturated carbocycles. The summed E-state index contributed by atoms with van der Waals surface area (Å²) in [4.78, 5) is 27.3. The Kier molecular flexibility index (Phi) is 8.52. The second-order valence-corrected chi connectivity index (χ2v) is 11.5. The van der Waals surface area contributed by atoms with E-state index in [2.05, 4.69) is 21.6 Å². The molecule has 3 rings (SSSR count). The quantitative estimate of drug-likeness (QED) is 0.589. The maximum absolute atomic E-state index is 12.4. The van der Waals surface area contributed by atoms with E-state index in [0.717, 1.165) is 41.0 Å². The molecular weight excluding hydrogens is 460 g/mol. The van der Waals surface area contributed by atoms with Crippen molar-refractivity contribution >= 4 is 39.3 Å². The van der Waals surface area contributed by atoms with Gasteiger partial charge in [0.05, 0.1) is 11.4 Å². The first-order valence-corrected chi connectivity index (χ1v) is 13.3. The number of nitrogens with one attached hydrogen (secondary N) is 2. The maximum atomic E-state index is 12.4. The van der Waals surface area contributed by atoms with Crippen molar-refractivity contribution in [3.05, 3.63) is 59.2 Å². The van der Waals surface area contributed by atoms with Gasteiger partial charge in [0.1, 0.15) is 0 Å². The Bertz CT molecular complexity index is 1110. The molecule has 0 aliphatic carbocycles. The van der Waals surface area contributed by atoms with E-state index in [1.54, 1.807) is 0 Å². The Labute approximate surface area is 199 Å². The topological polar surface area (TPSA) is 98.8 Å². The van der Waals surface area contributed by atoms with Crippen LogP contribution in [0, 0.1) is 6.92 Å². The highest BCUT2D eigenvalue weighted by molar-refractivity contribution is 7.99. The fraction of sp³-hybridized carbons (Fsp3) is 0.391. The van der Waals surface area contributed by atoms with Gasteiger partial charge in [-0.15, -0.1) is 0 Å². The smallest absolute Gasteiger partial charge is 0.251 e. The highest BCUT2D eigenvalue weighted by atomic mass is 32.2. The van der Waals surface area contributed by atoms with Gasteiger partial charge in [-0.25, -0.2) is 12.7 Å². The summed E-state index contributed by atoms with van der Waals surface area (Å²) in [5.74, 6) is 1.44. The van der Waals surface area contributed by atoms with Crippen LogP contribution in [0.15, 0.2) is 47.4 Å². The van der Waals surface area contributed by atoms with E-state index in [4.69, 9.17) is 0 Å². The van der Waals surface area contributed by atoms with Gasteiger partial charge in [0.2, 0.25) is 15.9 Å². The molecule has 1 fully saturated rings. The van der Waals surface area contributed by atoms with E-state index in [-0.39, 0.29) is 22.9 Å². The molecule has 1 aliphatic heterocycles. The van der Waals surface area contributed by atoms with E-state index < -0.39 is 15.9 Å². The van der Waals surface area contributed by atoms with Crippen molar-refractivity contribution in [2.45, 2.75) is 18.4 Å². The first-order chi connectivity index (χ1) is 15.7. The van der Waals surface area contributed by atoms with Gasteiger partial charge in [-0.1, -0.05) is 18.2 Å². The number of sulfonamides is 1. The first kappa shape index (κ1) is 25.2. The number of benzene rings is 2. The minimum atomic E-state index is -3.65. The van der Waals surface area contributed by atoms with E-state index >= 15 is 0 Å². The molecule has 0 unspecified atom stereocenters. The largest absolute Gasteiger partial charge is 0.343 e. The molecule has 0 aromatic heterocycles. The van der Waals surface area contributed by atoms with Crippen molar-refractivity contribution in [2.24, 2.45) is 0 Å². The zero-order valence-electron chi connectivity index (χ0n) is 19.1. The van der Waals surface area contributed by atoms with E-state index in [1.165, 1.54) is 43.9 Å². The summed E-state index contributed by atoms with van der Waals surface area (Å²) in [5.41, 5.74) is 3.03. The van der Waals surface area contributed by atoms with Crippen LogP contribution in [0.25, 0.3) is 0 Å². The summed E-state index contributed by atoms with van der Waals surface area (Å²) < 4.78 is 25.6. The van der Waals surface area contributed by atoms with Crippen molar-refractivity contribution in [3.63, 3.8) is 0 Å². The number of rotatable bonds is 8. The molecular formula is C23H30N4O4S2. The third kappa shape index (κ3) is 6.80. The highest BCUT2D eigenvalue weighted by Crippen LogP contribution is 2.19. The predicted molar refractivity (Wildman–Crippen MR) is 132 cm³/mol. The van der Waals surface area contributed by atoms with E-state index in [1.807, 2.05) is 30.8 Å². The summed E-state index contributed by atoms with van der Waals surface area (Å²) >= 11 is 1.98. The standard InChI is InChI=1S/C23H30N4O4S2/c1-17-13-18(16-27-9-11-32-12-10-27)7-8-21(17)25-22(28)15-24-23(29)19-5-4-6-20(14-19)33(30,31)26(2)3/h4-8,13-14H,9-12,15-16H2,1-3H3,(H,24,29)(H,25,28). The Morgan fingerprint density at radius 1 is 1.09 bits per heavy atom. The summed E-state index contributed by atoms with van der Waals surface area (Å²) in [6, 6.07) is 11.7. The predicted octanol–water partition coefficient (Wildman–Crippen LogP) is 2.16. The number of anilines is 1. The van der Waals surface area contributed by atoms with Crippen molar-refractivity contribution in [1.29, 1.82) is 0 Å². The second kappa shape index (κ2) is 11.1. The lowest BCUT2D eigenvalue weighted by Crippen LogP contribution is -2.33. The molecule has 2 aromatic carbocycles. The van der Waals surface area contributed by atoms with Crippen LogP contribution in [0.4, 0.5) is 5.69 Å². The molecule has 0 radical (unpaired) electrons. The van der Waals surface area contributed by atoms with Crippen LogP contribution < -0.4 is 10.6 Å². The Hall–Kier alpha value is -2.40. The molecule has 2 N–H and O–H groups in total. The molecule has 1 heterocycles. The number of hydrogen-bond acceptors (Lipinski definition) is 6. The monoisotopic (exact) mass is 490 g/mol. The van der Waals surface area contributed by atoms with Crippen molar-refractivity contribution in [3.8, 4) is 0 Å². The molecule has 10 heteroatoms. The molecule has 1 aliphatic rings. The van der Waals surface area contributed by atoms with Gasteiger partial charge in [0.25, 0.3) is 5.91 Å². The van der Waals surface area contributed by atoms with E-state index in [9.17, 15) is 18.0 Å². The Balaban J connectivity index is 1.55. The lowest BCUT2D eigenvalue weighted by Gasteiger charge is -2.26. The normalized spacial score (nSPS) is 14.8. The SMILES string of the molecule is Cc1cc(CN2CCSCC2)ccc1NC(=O)CNC(=O)c1cccc(S(=O)(=O)N(C)C)c1. The van der Waals surface area contributed by atoms with Crippen LogP contribution in [-0.2, 0) is 21.4 Å². The molecule has 2 amide bonds. The van der Waals surface area contributed by atoms with Crippen LogP contribution in [0.2, 0.25) is 0 Å².